The summed E-state index contributed by atoms with van der Waals surface area (Å²) in [5.41, 5.74) is 0.190. The van der Waals surface area contributed by atoms with Crippen LogP contribution in [0.2, 0.25) is 0 Å². The maximum Gasteiger partial charge on any atom is 0.241 e. The second-order valence-electron chi connectivity index (χ2n) is 2.79. The van der Waals surface area contributed by atoms with Crippen molar-refractivity contribution in [3.63, 3.8) is 0 Å². The molecule has 0 saturated carbocycles. The molecule has 84 valence electrons. The SMILES string of the molecule is CC(=O)Nc1nonc1-c1noc(CCl)n1. The number of hydrogen-bond donors (Lipinski definition) is 1. The number of hydrogen-bond acceptors (Lipinski definition) is 7. The summed E-state index contributed by atoms with van der Waals surface area (Å²) in [6.07, 6.45) is 0. The summed E-state index contributed by atoms with van der Waals surface area (Å²) in [7, 11) is 0. The smallest absolute Gasteiger partial charge is 0.241 e. The molecule has 2 aromatic heterocycles. The number of anilines is 1. The Bertz CT molecular complexity index is 508. The lowest BCUT2D eigenvalue weighted by Gasteiger charge is -1.93. The van der Waals surface area contributed by atoms with Gasteiger partial charge in [0, 0.05) is 6.92 Å². The Balaban J connectivity index is 2.32. The van der Waals surface area contributed by atoms with Gasteiger partial charge in [-0.2, -0.15) is 4.98 Å². The average Bonchev–Trinajstić information content (AvgIpc) is 2.84. The van der Waals surface area contributed by atoms with E-state index in [-0.39, 0.29) is 35.0 Å². The molecular formula is C7H6ClN5O3. The van der Waals surface area contributed by atoms with E-state index in [1.54, 1.807) is 0 Å². The van der Waals surface area contributed by atoms with Gasteiger partial charge in [-0.3, -0.25) is 4.79 Å². The third-order valence-electron chi connectivity index (χ3n) is 1.58. The standard InChI is InChI=1S/C7H6ClN5O3/c1-3(14)9-6-5(11-16-13-6)7-10-4(2-8)15-12-7/h2H2,1H3,(H,9,13,14). The molecule has 0 aliphatic heterocycles. The van der Waals surface area contributed by atoms with Gasteiger partial charge < -0.3 is 9.84 Å². The molecule has 0 bridgehead atoms. The summed E-state index contributed by atoms with van der Waals surface area (Å²) in [6.45, 7) is 1.33. The van der Waals surface area contributed by atoms with Crippen LogP contribution in [0.25, 0.3) is 11.5 Å². The molecule has 8 nitrogen and oxygen atoms in total. The van der Waals surface area contributed by atoms with E-state index in [0.29, 0.717) is 0 Å². The van der Waals surface area contributed by atoms with Crippen LogP contribution in [0.5, 0.6) is 0 Å². The Morgan fingerprint density at radius 2 is 2.25 bits per heavy atom. The van der Waals surface area contributed by atoms with Crippen LogP contribution in [0, 0.1) is 0 Å². The zero-order chi connectivity index (χ0) is 11.5. The van der Waals surface area contributed by atoms with Crippen LogP contribution in [0.1, 0.15) is 12.8 Å². The minimum Gasteiger partial charge on any atom is -0.338 e. The van der Waals surface area contributed by atoms with Crippen molar-refractivity contribution in [2.24, 2.45) is 0 Å². The number of aromatic nitrogens is 4. The number of nitrogens with one attached hydrogen (secondary N) is 1. The van der Waals surface area contributed by atoms with Crippen molar-refractivity contribution in [3.8, 4) is 11.5 Å². The van der Waals surface area contributed by atoms with Crippen molar-refractivity contribution in [2.45, 2.75) is 12.8 Å². The zero-order valence-corrected chi connectivity index (χ0v) is 8.85. The molecule has 0 atom stereocenters. The largest absolute Gasteiger partial charge is 0.338 e. The van der Waals surface area contributed by atoms with Crippen molar-refractivity contribution in [1.82, 2.24) is 20.5 Å². The van der Waals surface area contributed by atoms with E-state index in [0.717, 1.165) is 0 Å². The number of amides is 1. The van der Waals surface area contributed by atoms with E-state index >= 15 is 0 Å². The summed E-state index contributed by atoms with van der Waals surface area (Å²) in [6, 6.07) is 0. The van der Waals surface area contributed by atoms with Crippen molar-refractivity contribution in [3.05, 3.63) is 5.89 Å². The van der Waals surface area contributed by atoms with Gasteiger partial charge in [0.2, 0.25) is 23.4 Å². The highest BCUT2D eigenvalue weighted by atomic mass is 35.5. The molecule has 0 aliphatic rings. The number of nitrogens with zero attached hydrogens (tertiary/aromatic N) is 4. The monoisotopic (exact) mass is 243 g/mol. The fourth-order valence-corrected chi connectivity index (χ4v) is 1.10. The van der Waals surface area contributed by atoms with E-state index in [1.807, 2.05) is 0 Å². The molecule has 0 unspecified atom stereocenters. The minimum absolute atomic E-state index is 0.0910. The summed E-state index contributed by atoms with van der Waals surface area (Å²) < 4.78 is 9.26. The Morgan fingerprint density at radius 1 is 1.44 bits per heavy atom. The Morgan fingerprint density at radius 3 is 2.88 bits per heavy atom. The van der Waals surface area contributed by atoms with Crippen molar-refractivity contribution >= 4 is 23.3 Å². The van der Waals surface area contributed by atoms with Gasteiger partial charge in [0.25, 0.3) is 0 Å². The average molecular weight is 244 g/mol. The van der Waals surface area contributed by atoms with Crippen LogP contribution < -0.4 is 5.32 Å². The lowest BCUT2D eigenvalue weighted by atomic mass is 10.4. The third kappa shape index (κ3) is 2.01. The van der Waals surface area contributed by atoms with Gasteiger partial charge in [0.1, 0.15) is 5.88 Å². The number of halogens is 1. The maximum atomic E-state index is 10.9. The molecule has 2 rings (SSSR count). The molecule has 9 heteroatoms. The predicted molar refractivity (Wildman–Crippen MR) is 51.5 cm³/mol. The first-order valence-electron chi connectivity index (χ1n) is 4.19. The van der Waals surface area contributed by atoms with Gasteiger partial charge in [0.05, 0.1) is 0 Å². The zero-order valence-electron chi connectivity index (χ0n) is 8.10. The van der Waals surface area contributed by atoms with Crippen molar-refractivity contribution in [1.29, 1.82) is 0 Å². The molecule has 0 fully saturated rings. The van der Waals surface area contributed by atoms with Gasteiger partial charge in [-0.25, -0.2) is 4.63 Å². The molecule has 1 amide bonds. The number of carbonyl (C=O) groups excluding carboxylic acids is 1. The van der Waals surface area contributed by atoms with E-state index in [9.17, 15) is 4.79 Å². The lowest BCUT2D eigenvalue weighted by Crippen LogP contribution is -2.07. The van der Waals surface area contributed by atoms with Crippen LogP contribution in [0.15, 0.2) is 9.15 Å². The highest BCUT2D eigenvalue weighted by molar-refractivity contribution is 6.16. The molecule has 16 heavy (non-hydrogen) atoms. The summed E-state index contributed by atoms with van der Waals surface area (Å²) in [5.74, 6) is 0.315. The molecule has 0 saturated heterocycles. The molecule has 0 spiro atoms. The fourth-order valence-electron chi connectivity index (χ4n) is 0.989. The summed E-state index contributed by atoms with van der Waals surface area (Å²) in [4.78, 5) is 14.8. The first kappa shape index (κ1) is 10.6. The van der Waals surface area contributed by atoms with E-state index in [1.165, 1.54) is 6.92 Å². The molecular weight excluding hydrogens is 238 g/mol. The highest BCUT2D eigenvalue weighted by Crippen LogP contribution is 2.21. The highest BCUT2D eigenvalue weighted by Gasteiger charge is 2.18. The van der Waals surface area contributed by atoms with E-state index in [4.69, 9.17) is 16.1 Å². The maximum absolute atomic E-state index is 10.9. The van der Waals surface area contributed by atoms with Gasteiger partial charge in [-0.1, -0.05) is 5.16 Å². The predicted octanol–water partition coefficient (Wildman–Crippen LogP) is 0.817. The first-order valence-corrected chi connectivity index (χ1v) is 4.73. The van der Waals surface area contributed by atoms with E-state index in [2.05, 4.69) is 30.4 Å². The minimum atomic E-state index is -0.307. The van der Waals surface area contributed by atoms with Gasteiger partial charge in [-0.15, -0.1) is 11.6 Å². The van der Waals surface area contributed by atoms with Crippen molar-refractivity contribution in [2.75, 3.05) is 5.32 Å². The van der Waals surface area contributed by atoms with Gasteiger partial charge in [-0.05, 0) is 10.3 Å². The van der Waals surface area contributed by atoms with Crippen LogP contribution in [0.3, 0.4) is 0 Å². The molecule has 2 aromatic rings. The molecule has 2 heterocycles. The molecule has 0 aliphatic carbocycles. The summed E-state index contributed by atoms with van der Waals surface area (Å²) in [5, 5.41) is 13.1. The Kier molecular flexibility index (Phi) is 2.82. The second-order valence-corrected chi connectivity index (χ2v) is 3.06. The van der Waals surface area contributed by atoms with Crippen LogP contribution in [0.4, 0.5) is 5.82 Å². The Labute approximate surface area is 93.9 Å². The quantitative estimate of drug-likeness (QED) is 0.795. The molecule has 0 aromatic carbocycles. The van der Waals surface area contributed by atoms with Crippen molar-refractivity contribution < 1.29 is 13.9 Å². The normalized spacial score (nSPS) is 10.4. The van der Waals surface area contributed by atoms with Gasteiger partial charge in [0.15, 0.2) is 5.69 Å². The second kappa shape index (κ2) is 4.27. The van der Waals surface area contributed by atoms with Crippen LogP contribution in [-0.2, 0) is 10.7 Å². The van der Waals surface area contributed by atoms with E-state index < -0.39 is 0 Å². The Hall–Kier alpha value is -1.96. The number of carbonyl (C=O) groups is 1. The van der Waals surface area contributed by atoms with Gasteiger partial charge >= 0.3 is 0 Å². The third-order valence-corrected chi connectivity index (χ3v) is 1.81. The first-order chi connectivity index (χ1) is 7.70. The number of rotatable bonds is 3. The molecule has 0 radical (unpaired) electrons. The topological polar surface area (TPSA) is 107 Å². The fraction of sp³-hybridized carbons (Fsp3) is 0.286. The van der Waals surface area contributed by atoms with Crippen LogP contribution in [-0.4, -0.2) is 26.4 Å². The lowest BCUT2D eigenvalue weighted by molar-refractivity contribution is -0.114. The molecule has 1 N–H and O–H groups in total. The van der Waals surface area contributed by atoms with Crippen LogP contribution >= 0.6 is 11.6 Å². The summed E-state index contributed by atoms with van der Waals surface area (Å²) >= 11 is 5.50. The number of alkyl halides is 1.